The lowest BCUT2D eigenvalue weighted by molar-refractivity contribution is -0.144. The van der Waals surface area contributed by atoms with E-state index in [2.05, 4.69) is 5.32 Å². The van der Waals surface area contributed by atoms with Crippen molar-refractivity contribution in [2.45, 2.75) is 83.9 Å². The number of hydrogen-bond donors (Lipinski definition) is 1. The van der Waals surface area contributed by atoms with E-state index >= 15 is 0 Å². The van der Waals surface area contributed by atoms with Crippen molar-refractivity contribution in [2.24, 2.45) is 5.92 Å². The van der Waals surface area contributed by atoms with Crippen LogP contribution in [0.15, 0.2) is 30.3 Å². The number of nitrogens with one attached hydrogen (secondary N) is 1. The zero-order valence-corrected chi connectivity index (χ0v) is 18.6. The van der Waals surface area contributed by atoms with E-state index in [1.54, 1.807) is 32.6 Å². The maximum atomic E-state index is 13.2. The van der Waals surface area contributed by atoms with Crippen LogP contribution in [0, 0.1) is 5.92 Å². The van der Waals surface area contributed by atoms with Crippen LogP contribution in [0.4, 0.5) is 9.59 Å². The first-order valence-corrected chi connectivity index (χ1v) is 10.8. The van der Waals surface area contributed by atoms with Gasteiger partial charge in [-0.05, 0) is 52.0 Å². The standard InChI is InChI=1S/C23H32N2O6/c1-15(24-21(27)31-23(2,3)4)20(26)25-18-12-8-11-17(18)13-19(25)30-22(28)29-14-16-9-6-5-7-10-16/h5-7,9-10,15,17-19H,8,11-14H2,1-4H3,(H,24,27)/t15-,17-,18-,19-/m0/s1. The second kappa shape index (κ2) is 9.58. The second-order valence-electron chi connectivity index (χ2n) is 9.20. The Morgan fingerprint density at radius 1 is 1.16 bits per heavy atom. The smallest absolute Gasteiger partial charge is 0.444 e. The molecule has 4 atom stereocenters. The summed E-state index contributed by atoms with van der Waals surface area (Å²) in [6.07, 6.45) is 1.28. The van der Waals surface area contributed by atoms with Crippen LogP contribution in [0.3, 0.4) is 0 Å². The predicted molar refractivity (Wildman–Crippen MR) is 113 cm³/mol. The molecule has 8 nitrogen and oxygen atoms in total. The van der Waals surface area contributed by atoms with Gasteiger partial charge in [0.05, 0.1) is 0 Å². The van der Waals surface area contributed by atoms with Crippen LogP contribution in [0.5, 0.6) is 0 Å². The Balaban J connectivity index is 1.61. The van der Waals surface area contributed by atoms with Gasteiger partial charge in [0.25, 0.3) is 0 Å². The van der Waals surface area contributed by atoms with Crippen molar-refractivity contribution in [2.75, 3.05) is 0 Å². The number of nitrogens with zero attached hydrogens (tertiary/aromatic N) is 1. The largest absolute Gasteiger partial charge is 0.510 e. The third kappa shape index (κ3) is 6.12. The number of carbonyl (C=O) groups excluding carboxylic acids is 3. The molecule has 3 rings (SSSR count). The van der Waals surface area contributed by atoms with Crippen LogP contribution in [-0.4, -0.2) is 47.0 Å². The summed E-state index contributed by atoms with van der Waals surface area (Å²) in [5, 5.41) is 2.59. The molecule has 1 N–H and O–H groups in total. The average molecular weight is 433 g/mol. The molecule has 1 aromatic carbocycles. The molecule has 2 amide bonds. The monoisotopic (exact) mass is 432 g/mol. The van der Waals surface area contributed by atoms with E-state index in [1.807, 2.05) is 30.3 Å². The van der Waals surface area contributed by atoms with Gasteiger partial charge in [0, 0.05) is 12.5 Å². The van der Waals surface area contributed by atoms with Gasteiger partial charge < -0.3 is 24.4 Å². The van der Waals surface area contributed by atoms with Crippen LogP contribution in [0.2, 0.25) is 0 Å². The molecule has 0 radical (unpaired) electrons. The lowest BCUT2D eigenvalue weighted by Gasteiger charge is -2.31. The van der Waals surface area contributed by atoms with Crippen molar-refractivity contribution in [3.05, 3.63) is 35.9 Å². The number of hydrogen-bond acceptors (Lipinski definition) is 6. The second-order valence-corrected chi connectivity index (χ2v) is 9.20. The van der Waals surface area contributed by atoms with Crippen molar-refractivity contribution in [1.29, 1.82) is 0 Å². The minimum absolute atomic E-state index is 0.00214. The minimum atomic E-state index is -0.806. The highest BCUT2D eigenvalue weighted by molar-refractivity contribution is 5.86. The van der Waals surface area contributed by atoms with E-state index < -0.39 is 30.1 Å². The minimum Gasteiger partial charge on any atom is -0.444 e. The van der Waals surface area contributed by atoms with E-state index in [-0.39, 0.29) is 24.5 Å². The molecule has 1 aromatic rings. The SMILES string of the molecule is C[C@H](NC(=O)OC(C)(C)C)C(=O)N1[C@@H](OC(=O)OCc2ccccc2)C[C@@H]2CCC[C@@H]21. The van der Waals surface area contributed by atoms with Crippen LogP contribution in [-0.2, 0) is 25.6 Å². The van der Waals surface area contributed by atoms with E-state index in [9.17, 15) is 14.4 Å². The summed E-state index contributed by atoms with van der Waals surface area (Å²) in [5.41, 5.74) is 0.191. The molecule has 2 fully saturated rings. The number of ether oxygens (including phenoxy) is 3. The Hall–Kier alpha value is -2.77. The van der Waals surface area contributed by atoms with Crippen molar-refractivity contribution < 1.29 is 28.6 Å². The Morgan fingerprint density at radius 3 is 2.55 bits per heavy atom. The van der Waals surface area contributed by atoms with Gasteiger partial charge in [0.2, 0.25) is 5.91 Å². The first-order valence-electron chi connectivity index (χ1n) is 10.8. The summed E-state index contributed by atoms with van der Waals surface area (Å²) in [6.45, 7) is 6.98. The van der Waals surface area contributed by atoms with E-state index in [0.29, 0.717) is 6.42 Å². The summed E-state index contributed by atoms with van der Waals surface area (Å²) in [7, 11) is 0. The first-order chi connectivity index (χ1) is 14.6. The molecule has 170 valence electrons. The lowest BCUT2D eigenvalue weighted by atomic mass is 10.0. The third-order valence-corrected chi connectivity index (χ3v) is 5.58. The van der Waals surface area contributed by atoms with E-state index in [0.717, 1.165) is 24.8 Å². The first kappa shape index (κ1) is 22.9. The molecule has 0 bridgehead atoms. The fourth-order valence-corrected chi connectivity index (χ4v) is 4.29. The van der Waals surface area contributed by atoms with Gasteiger partial charge in [0.15, 0.2) is 6.23 Å². The van der Waals surface area contributed by atoms with Gasteiger partial charge in [-0.2, -0.15) is 0 Å². The summed E-state index contributed by atoms with van der Waals surface area (Å²) >= 11 is 0. The maximum absolute atomic E-state index is 13.2. The summed E-state index contributed by atoms with van der Waals surface area (Å²) in [6, 6.07) is 8.52. The fraction of sp³-hybridized carbons (Fsp3) is 0.609. The van der Waals surface area contributed by atoms with Gasteiger partial charge in [-0.3, -0.25) is 4.79 Å². The van der Waals surface area contributed by atoms with E-state index in [4.69, 9.17) is 14.2 Å². The predicted octanol–water partition coefficient (Wildman–Crippen LogP) is 3.98. The molecule has 1 saturated carbocycles. The molecule has 1 heterocycles. The van der Waals surface area contributed by atoms with E-state index in [1.165, 1.54) is 0 Å². The molecule has 0 spiro atoms. The quantitative estimate of drug-likeness (QED) is 0.708. The van der Waals surface area contributed by atoms with Gasteiger partial charge in [-0.25, -0.2) is 9.59 Å². The van der Waals surface area contributed by atoms with Crippen molar-refractivity contribution in [3.8, 4) is 0 Å². The van der Waals surface area contributed by atoms with Gasteiger partial charge >= 0.3 is 12.2 Å². The Bertz CT molecular complexity index is 791. The zero-order chi connectivity index (χ0) is 22.6. The highest BCUT2D eigenvalue weighted by Crippen LogP contribution is 2.42. The summed E-state index contributed by atoms with van der Waals surface area (Å²) in [5.74, 6) is -0.00859. The van der Waals surface area contributed by atoms with Crippen molar-refractivity contribution in [1.82, 2.24) is 10.2 Å². The fourth-order valence-electron chi connectivity index (χ4n) is 4.29. The van der Waals surface area contributed by atoms with Crippen LogP contribution in [0.25, 0.3) is 0 Å². The summed E-state index contributed by atoms with van der Waals surface area (Å²) < 4.78 is 16.0. The molecule has 1 saturated heterocycles. The molecule has 1 aliphatic carbocycles. The van der Waals surface area contributed by atoms with Gasteiger partial charge in [0.1, 0.15) is 18.2 Å². The Kier molecular flexibility index (Phi) is 7.08. The molecule has 0 aromatic heterocycles. The molecule has 1 aliphatic heterocycles. The van der Waals surface area contributed by atoms with Crippen molar-refractivity contribution >= 4 is 18.2 Å². The third-order valence-electron chi connectivity index (χ3n) is 5.58. The lowest BCUT2D eigenvalue weighted by Crippen LogP contribution is -2.52. The van der Waals surface area contributed by atoms with Crippen LogP contribution >= 0.6 is 0 Å². The number of rotatable bonds is 5. The number of benzene rings is 1. The number of carbonyl (C=O) groups is 3. The Labute approximate surface area is 183 Å². The number of amides is 2. The Morgan fingerprint density at radius 2 is 1.87 bits per heavy atom. The van der Waals surface area contributed by atoms with Crippen LogP contribution < -0.4 is 5.32 Å². The maximum Gasteiger partial charge on any atom is 0.510 e. The molecule has 8 heteroatoms. The number of alkyl carbamates (subject to hydrolysis) is 1. The molecule has 0 unspecified atom stereocenters. The molecule has 31 heavy (non-hydrogen) atoms. The zero-order valence-electron chi connectivity index (χ0n) is 18.6. The average Bonchev–Trinajstić information content (AvgIpc) is 3.25. The van der Waals surface area contributed by atoms with Crippen molar-refractivity contribution in [3.63, 3.8) is 0 Å². The number of likely N-dealkylation sites (tertiary alicyclic amines) is 1. The highest BCUT2D eigenvalue weighted by atomic mass is 16.7. The topological polar surface area (TPSA) is 94.2 Å². The van der Waals surface area contributed by atoms with Gasteiger partial charge in [-0.1, -0.05) is 36.8 Å². The molecular weight excluding hydrogens is 400 g/mol. The normalized spacial score (nSPS) is 23.6. The highest BCUT2D eigenvalue weighted by Gasteiger charge is 2.49. The number of fused-ring (bicyclic) bond motifs is 1. The molecule has 2 aliphatic rings. The molecular formula is C23H32N2O6. The summed E-state index contributed by atoms with van der Waals surface area (Å²) in [4.78, 5) is 39.2. The van der Waals surface area contributed by atoms with Gasteiger partial charge in [-0.15, -0.1) is 0 Å². The van der Waals surface area contributed by atoms with Crippen LogP contribution in [0.1, 0.15) is 58.9 Å².